The molecular formula is C21H20ClFN2. The van der Waals surface area contributed by atoms with Crippen LogP contribution in [0.4, 0.5) is 4.39 Å². The number of hydrogen-bond donors (Lipinski definition) is 1. The maximum Gasteiger partial charge on any atom is 0.151 e. The van der Waals surface area contributed by atoms with E-state index in [1.54, 1.807) is 6.07 Å². The van der Waals surface area contributed by atoms with Crippen molar-refractivity contribution in [3.05, 3.63) is 69.6 Å². The molecule has 0 aliphatic carbocycles. The predicted octanol–water partition coefficient (Wildman–Crippen LogP) is 6.33. The number of hydrogen-bond acceptors (Lipinski definition) is 1. The fourth-order valence-electron chi connectivity index (χ4n) is 3.30. The second-order valence-electron chi connectivity index (χ2n) is 6.36. The molecule has 3 aromatic rings. The molecule has 4 heteroatoms. The molecule has 0 aliphatic rings. The van der Waals surface area contributed by atoms with Crippen LogP contribution in [-0.4, -0.2) is 4.98 Å². The Hall–Kier alpha value is -2.31. The monoisotopic (exact) mass is 354 g/mol. The van der Waals surface area contributed by atoms with Gasteiger partial charge in [-0.3, -0.25) is 0 Å². The molecular weight excluding hydrogens is 335 g/mol. The Bertz CT molecular complexity index is 935. The van der Waals surface area contributed by atoms with Crippen molar-refractivity contribution in [1.82, 2.24) is 4.98 Å². The predicted molar refractivity (Wildman–Crippen MR) is 101 cm³/mol. The van der Waals surface area contributed by atoms with Crippen LogP contribution in [0.5, 0.6) is 0 Å². The number of fused-ring (bicyclic) bond motifs is 1. The molecule has 1 heterocycles. The average molecular weight is 355 g/mol. The smallest absolute Gasteiger partial charge is 0.151 e. The number of aromatic nitrogens is 1. The number of H-pyrrole nitrogens is 1. The van der Waals surface area contributed by atoms with Gasteiger partial charge in [0.1, 0.15) is 0 Å². The number of unbranched alkanes of at least 4 members (excludes halogenated alkanes) is 1. The largest absolute Gasteiger partial charge is 0.358 e. The minimum absolute atomic E-state index is 0.0742. The van der Waals surface area contributed by atoms with Gasteiger partial charge in [-0.15, -0.1) is 0 Å². The van der Waals surface area contributed by atoms with Crippen LogP contribution < -0.4 is 0 Å². The van der Waals surface area contributed by atoms with Crippen LogP contribution in [0.1, 0.15) is 55.0 Å². The Morgan fingerprint density at radius 2 is 1.92 bits per heavy atom. The SMILES string of the molecule is CCCCc1c(C(C)c2ccc(C#N)cc2)[nH]c2ccc(Cl)c(F)c12. The van der Waals surface area contributed by atoms with Gasteiger partial charge in [-0.2, -0.15) is 5.26 Å². The van der Waals surface area contributed by atoms with E-state index in [9.17, 15) is 4.39 Å². The molecule has 1 unspecified atom stereocenters. The van der Waals surface area contributed by atoms with E-state index < -0.39 is 0 Å². The summed E-state index contributed by atoms with van der Waals surface area (Å²) in [6, 6.07) is 13.1. The maximum atomic E-state index is 14.7. The number of aryl methyl sites for hydroxylation is 1. The molecule has 25 heavy (non-hydrogen) atoms. The summed E-state index contributed by atoms with van der Waals surface area (Å²) in [6.07, 6.45) is 2.84. The van der Waals surface area contributed by atoms with E-state index in [1.165, 1.54) is 0 Å². The molecule has 0 aliphatic heterocycles. The molecule has 0 fully saturated rings. The summed E-state index contributed by atoms with van der Waals surface area (Å²) >= 11 is 6.01. The number of rotatable bonds is 5. The summed E-state index contributed by atoms with van der Waals surface area (Å²) in [5, 5.41) is 9.73. The van der Waals surface area contributed by atoms with Crippen LogP contribution in [0.3, 0.4) is 0 Å². The van der Waals surface area contributed by atoms with E-state index in [0.29, 0.717) is 10.9 Å². The summed E-state index contributed by atoms with van der Waals surface area (Å²) in [5.74, 6) is -0.273. The lowest BCUT2D eigenvalue weighted by Gasteiger charge is -2.14. The molecule has 0 bridgehead atoms. The van der Waals surface area contributed by atoms with Crippen LogP contribution in [0, 0.1) is 17.1 Å². The van der Waals surface area contributed by atoms with Gasteiger partial charge >= 0.3 is 0 Å². The lowest BCUT2D eigenvalue weighted by atomic mass is 9.92. The minimum atomic E-state index is -0.347. The van der Waals surface area contributed by atoms with Gasteiger partial charge in [-0.25, -0.2) is 4.39 Å². The van der Waals surface area contributed by atoms with Gasteiger partial charge in [0, 0.05) is 22.5 Å². The van der Waals surface area contributed by atoms with Crippen molar-refractivity contribution in [2.45, 2.75) is 39.0 Å². The molecule has 0 amide bonds. The van der Waals surface area contributed by atoms with E-state index in [0.717, 1.165) is 41.6 Å². The minimum Gasteiger partial charge on any atom is -0.358 e. The van der Waals surface area contributed by atoms with Crippen LogP contribution in [0.2, 0.25) is 5.02 Å². The Morgan fingerprint density at radius 3 is 2.56 bits per heavy atom. The second-order valence-corrected chi connectivity index (χ2v) is 6.77. The van der Waals surface area contributed by atoms with E-state index in [2.05, 4.69) is 24.9 Å². The van der Waals surface area contributed by atoms with E-state index >= 15 is 0 Å². The first-order valence-corrected chi connectivity index (χ1v) is 8.93. The highest BCUT2D eigenvalue weighted by atomic mass is 35.5. The fourth-order valence-corrected chi connectivity index (χ4v) is 3.46. The zero-order valence-electron chi connectivity index (χ0n) is 14.4. The molecule has 0 radical (unpaired) electrons. The Kier molecular flexibility index (Phi) is 5.11. The third kappa shape index (κ3) is 3.27. The molecule has 3 rings (SSSR count). The van der Waals surface area contributed by atoms with Gasteiger partial charge in [0.05, 0.1) is 16.7 Å². The van der Waals surface area contributed by atoms with Crippen molar-refractivity contribution in [2.24, 2.45) is 0 Å². The Morgan fingerprint density at radius 1 is 1.20 bits per heavy atom. The molecule has 0 saturated carbocycles. The van der Waals surface area contributed by atoms with Crippen molar-refractivity contribution in [1.29, 1.82) is 5.26 Å². The molecule has 2 aromatic carbocycles. The molecule has 2 nitrogen and oxygen atoms in total. The normalized spacial score (nSPS) is 12.3. The molecule has 0 spiro atoms. The molecule has 0 saturated heterocycles. The summed E-state index contributed by atoms with van der Waals surface area (Å²) in [7, 11) is 0. The zero-order valence-corrected chi connectivity index (χ0v) is 15.1. The Labute approximate surface area is 152 Å². The van der Waals surface area contributed by atoms with Crippen molar-refractivity contribution in [2.75, 3.05) is 0 Å². The molecule has 128 valence electrons. The highest BCUT2D eigenvalue weighted by Gasteiger charge is 2.21. The fraction of sp³-hybridized carbons (Fsp3) is 0.286. The van der Waals surface area contributed by atoms with Crippen LogP contribution in [0.25, 0.3) is 10.9 Å². The molecule has 1 atom stereocenters. The van der Waals surface area contributed by atoms with Crippen LogP contribution in [0.15, 0.2) is 36.4 Å². The average Bonchev–Trinajstić information content (AvgIpc) is 3.01. The lowest BCUT2D eigenvalue weighted by molar-refractivity contribution is 0.638. The van der Waals surface area contributed by atoms with Crippen molar-refractivity contribution < 1.29 is 4.39 Å². The summed E-state index contributed by atoms with van der Waals surface area (Å²) in [6.45, 7) is 4.23. The third-order valence-electron chi connectivity index (χ3n) is 4.74. The highest BCUT2D eigenvalue weighted by Crippen LogP contribution is 2.36. The number of nitrogens with zero attached hydrogens (tertiary/aromatic N) is 1. The van der Waals surface area contributed by atoms with Crippen LogP contribution >= 0.6 is 11.6 Å². The topological polar surface area (TPSA) is 39.6 Å². The molecule has 1 aromatic heterocycles. The van der Waals surface area contributed by atoms with Crippen molar-refractivity contribution in [3.8, 4) is 6.07 Å². The molecule has 1 N–H and O–H groups in total. The van der Waals surface area contributed by atoms with Gasteiger partial charge < -0.3 is 4.98 Å². The lowest BCUT2D eigenvalue weighted by Crippen LogP contribution is -2.01. The summed E-state index contributed by atoms with van der Waals surface area (Å²) in [5.41, 5.74) is 4.54. The number of aromatic amines is 1. The Balaban J connectivity index is 2.13. The quantitative estimate of drug-likeness (QED) is 0.571. The zero-order chi connectivity index (χ0) is 18.0. The first-order chi connectivity index (χ1) is 12.1. The van der Waals surface area contributed by atoms with Crippen LogP contribution in [-0.2, 0) is 6.42 Å². The first kappa shape index (κ1) is 17.5. The highest BCUT2D eigenvalue weighted by molar-refractivity contribution is 6.31. The number of halogens is 2. The van der Waals surface area contributed by atoms with Crippen molar-refractivity contribution >= 4 is 22.5 Å². The van der Waals surface area contributed by atoms with Gasteiger partial charge in [0.25, 0.3) is 0 Å². The van der Waals surface area contributed by atoms with E-state index in [1.807, 2.05) is 30.3 Å². The van der Waals surface area contributed by atoms with Gasteiger partial charge in [0.2, 0.25) is 0 Å². The third-order valence-corrected chi connectivity index (χ3v) is 5.04. The van der Waals surface area contributed by atoms with Gasteiger partial charge in [0.15, 0.2) is 5.82 Å². The summed E-state index contributed by atoms with van der Waals surface area (Å²) < 4.78 is 14.7. The maximum absolute atomic E-state index is 14.7. The standard InChI is InChI=1S/C21H20ClFN2/c1-3-4-5-16-19-18(11-10-17(22)20(19)23)25-21(16)13(2)15-8-6-14(12-24)7-9-15/h6-11,13,25H,3-5H2,1-2H3. The number of nitrogens with one attached hydrogen (secondary N) is 1. The van der Waals surface area contributed by atoms with E-state index in [4.69, 9.17) is 16.9 Å². The number of nitriles is 1. The van der Waals surface area contributed by atoms with Gasteiger partial charge in [-0.05, 0) is 48.2 Å². The van der Waals surface area contributed by atoms with E-state index in [-0.39, 0.29) is 16.8 Å². The van der Waals surface area contributed by atoms with Gasteiger partial charge in [-0.1, -0.05) is 44.0 Å². The summed E-state index contributed by atoms with van der Waals surface area (Å²) in [4.78, 5) is 3.40. The number of benzene rings is 2. The second kappa shape index (κ2) is 7.29. The first-order valence-electron chi connectivity index (χ1n) is 8.55. The van der Waals surface area contributed by atoms with Crippen molar-refractivity contribution in [3.63, 3.8) is 0 Å².